The zero-order valence-corrected chi connectivity index (χ0v) is 7.88. The molecule has 0 aliphatic rings. The van der Waals surface area contributed by atoms with Crippen molar-refractivity contribution in [3.63, 3.8) is 0 Å². The van der Waals surface area contributed by atoms with Crippen LogP contribution in [0.2, 0.25) is 5.82 Å². The molecule has 0 bridgehead atoms. The van der Waals surface area contributed by atoms with Crippen molar-refractivity contribution in [1.29, 1.82) is 0 Å². The maximum absolute atomic E-state index is 9.76. The molecule has 0 heterocycles. The van der Waals surface area contributed by atoms with Gasteiger partial charge < -0.3 is 10.8 Å². The van der Waals surface area contributed by atoms with Gasteiger partial charge in [-0.2, -0.15) is 12.6 Å². The summed E-state index contributed by atoms with van der Waals surface area (Å²) in [5, 5.41) is 8.01. The van der Waals surface area contributed by atoms with Gasteiger partial charge in [-0.25, -0.2) is 0 Å². The van der Waals surface area contributed by atoms with E-state index in [1.54, 1.807) is 0 Å². The summed E-state index contributed by atoms with van der Waals surface area (Å²) in [5.74, 6) is 1.12. The fraction of sp³-hybridized carbons (Fsp3) is 0.750. The van der Waals surface area contributed by atoms with Crippen LogP contribution in [0.3, 0.4) is 0 Å². The number of hydrogen-bond donors (Lipinski definition) is 3. The zero-order chi connectivity index (χ0) is 7.86. The first-order chi connectivity index (χ1) is 4.18. The van der Waals surface area contributed by atoms with Crippen LogP contribution < -0.4 is 5.73 Å². The molecule has 0 saturated carbocycles. The van der Waals surface area contributed by atoms with E-state index in [1.807, 2.05) is 5.82 Å². The maximum atomic E-state index is 9.76. The average Bonchev–Trinajstić information content (AvgIpc) is 1.91. The van der Waals surface area contributed by atoms with Crippen LogP contribution >= 0.6 is 12.6 Å². The van der Waals surface area contributed by atoms with Crippen LogP contribution in [0, 0.1) is 0 Å². The summed E-state index contributed by atoms with van der Waals surface area (Å²) in [6.45, 7) is 0. The molecule has 0 aromatic heterocycles. The van der Waals surface area contributed by atoms with E-state index in [2.05, 4.69) is 28.6 Å². The Morgan fingerprint density at radius 2 is 2.22 bits per heavy atom. The molecule has 0 saturated heterocycles. The topological polar surface area (TPSA) is 63.3 Å². The number of carbonyl (C=O) groups is 1. The molecule has 0 spiro atoms. The minimum Gasteiger partial charge on any atom is -0.480 e. The summed E-state index contributed by atoms with van der Waals surface area (Å²) in [7, 11) is 0. The van der Waals surface area contributed by atoms with Crippen LogP contribution in [0.15, 0.2) is 0 Å². The standard InChI is InChI=1S/C3H7NO2S.CH4Se/c4-2(1-7)3(5)6;1-2/h2,7H,1,4H2,(H,5,6);2H,1H3/t2-;/m0./s1. The van der Waals surface area contributed by atoms with Crippen LogP contribution in [0.25, 0.3) is 0 Å². The first kappa shape index (κ1) is 12.0. The van der Waals surface area contributed by atoms with Gasteiger partial charge in [-0.3, -0.25) is 4.79 Å². The Kier molecular flexibility index (Phi) is 11.1. The van der Waals surface area contributed by atoms with Crippen molar-refractivity contribution in [2.75, 3.05) is 5.75 Å². The Bertz CT molecular complexity index is 81.0. The Hall–Kier alpha value is 0.299. The molecule has 0 amide bonds. The molecule has 5 heteroatoms. The van der Waals surface area contributed by atoms with Crippen molar-refractivity contribution in [1.82, 2.24) is 0 Å². The van der Waals surface area contributed by atoms with Crippen molar-refractivity contribution in [3.05, 3.63) is 0 Å². The number of carboxylic acids is 1. The van der Waals surface area contributed by atoms with E-state index in [-0.39, 0.29) is 5.75 Å². The first-order valence-corrected chi connectivity index (χ1v) is 4.73. The molecule has 0 fully saturated rings. The van der Waals surface area contributed by atoms with Crippen molar-refractivity contribution in [2.24, 2.45) is 5.73 Å². The van der Waals surface area contributed by atoms with Crippen molar-refractivity contribution >= 4 is 34.6 Å². The quantitative estimate of drug-likeness (QED) is 0.421. The van der Waals surface area contributed by atoms with E-state index >= 15 is 0 Å². The maximum Gasteiger partial charge on any atom is 0.321 e. The van der Waals surface area contributed by atoms with E-state index in [4.69, 9.17) is 10.8 Å². The van der Waals surface area contributed by atoms with Crippen LogP contribution in [-0.4, -0.2) is 38.9 Å². The van der Waals surface area contributed by atoms with E-state index in [1.165, 1.54) is 0 Å². The number of thiol groups is 1. The summed E-state index contributed by atoms with van der Waals surface area (Å²) >= 11 is 5.96. The van der Waals surface area contributed by atoms with Gasteiger partial charge in [0.05, 0.1) is 0 Å². The van der Waals surface area contributed by atoms with Gasteiger partial charge in [-0.1, -0.05) is 0 Å². The Balaban J connectivity index is 0. The Morgan fingerprint density at radius 1 is 1.89 bits per heavy atom. The molecule has 56 valence electrons. The largest absolute Gasteiger partial charge is 0.480 e. The molecule has 9 heavy (non-hydrogen) atoms. The van der Waals surface area contributed by atoms with Crippen molar-refractivity contribution in [2.45, 2.75) is 11.9 Å². The fourth-order valence-corrected chi connectivity index (χ4v) is 0.234. The van der Waals surface area contributed by atoms with Crippen LogP contribution in [0.5, 0.6) is 0 Å². The minimum atomic E-state index is -1.00. The van der Waals surface area contributed by atoms with Gasteiger partial charge >= 0.3 is 27.8 Å². The summed E-state index contributed by atoms with van der Waals surface area (Å²) in [5.41, 5.74) is 4.94. The van der Waals surface area contributed by atoms with Gasteiger partial charge in [0, 0.05) is 5.75 Å². The van der Waals surface area contributed by atoms with Crippen LogP contribution in [-0.2, 0) is 4.79 Å². The molecule has 0 unspecified atom stereocenters. The normalized spacial score (nSPS) is 11.1. The second-order valence-electron chi connectivity index (χ2n) is 1.13. The molecule has 0 aromatic carbocycles. The number of aliphatic carboxylic acids is 1. The van der Waals surface area contributed by atoms with Gasteiger partial charge in [-0.15, -0.1) is 0 Å². The summed E-state index contributed by atoms with van der Waals surface area (Å²) in [6.07, 6.45) is 0. The third-order valence-corrected chi connectivity index (χ3v) is 0.907. The van der Waals surface area contributed by atoms with E-state index in [0.717, 1.165) is 0 Å². The monoisotopic (exact) mass is 217 g/mol. The van der Waals surface area contributed by atoms with Gasteiger partial charge in [-0.05, 0) is 0 Å². The third-order valence-electron chi connectivity index (χ3n) is 0.514. The summed E-state index contributed by atoms with van der Waals surface area (Å²) in [6, 6.07) is -0.816. The summed E-state index contributed by atoms with van der Waals surface area (Å²) < 4.78 is 0. The van der Waals surface area contributed by atoms with E-state index < -0.39 is 12.0 Å². The third kappa shape index (κ3) is 8.30. The summed E-state index contributed by atoms with van der Waals surface area (Å²) in [4.78, 5) is 9.76. The van der Waals surface area contributed by atoms with Gasteiger partial charge in [0.1, 0.15) is 6.04 Å². The average molecular weight is 216 g/mol. The molecule has 0 aliphatic carbocycles. The zero-order valence-electron chi connectivity index (χ0n) is 5.11. The minimum absolute atomic E-state index is 0.190. The van der Waals surface area contributed by atoms with Crippen LogP contribution in [0.1, 0.15) is 0 Å². The predicted octanol–water partition coefficient (Wildman–Crippen LogP) is -0.737. The predicted molar refractivity (Wildman–Crippen MR) is 42.5 cm³/mol. The molecule has 0 aromatic rings. The second kappa shape index (κ2) is 8.30. The molecule has 3 N–H and O–H groups in total. The van der Waals surface area contributed by atoms with Gasteiger partial charge in [0.15, 0.2) is 0 Å². The fourth-order valence-electron chi connectivity index (χ4n) is 0.0781. The Morgan fingerprint density at radius 3 is 2.22 bits per heavy atom. The smallest absolute Gasteiger partial charge is 0.321 e. The van der Waals surface area contributed by atoms with Crippen molar-refractivity contribution in [3.8, 4) is 0 Å². The van der Waals surface area contributed by atoms with E-state index in [9.17, 15) is 4.79 Å². The number of hydrogen-bond acceptors (Lipinski definition) is 3. The second-order valence-corrected chi connectivity index (χ2v) is 1.49. The van der Waals surface area contributed by atoms with Gasteiger partial charge in [0.2, 0.25) is 0 Å². The SMILES string of the molecule is C[SeH].N[C@@H](CS)C(=O)O. The van der Waals surface area contributed by atoms with Crippen molar-refractivity contribution < 1.29 is 9.90 Å². The number of carboxylic acid groups (broad SMARTS) is 1. The van der Waals surface area contributed by atoms with Gasteiger partial charge in [0.25, 0.3) is 0 Å². The molecule has 1 atom stereocenters. The number of nitrogens with two attached hydrogens (primary N) is 1. The van der Waals surface area contributed by atoms with Crippen LogP contribution in [0.4, 0.5) is 0 Å². The molecule has 0 radical (unpaired) electrons. The number of rotatable bonds is 2. The molecular formula is C4H11NO2SSe. The molecule has 0 rings (SSSR count). The molecule has 3 nitrogen and oxygen atoms in total. The Labute approximate surface area is 68.2 Å². The molecular weight excluding hydrogens is 205 g/mol. The van der Waals surface area contributed by atoms with E-state index in [0.29, 0.717) is 0 Å². The first-order valence-electron chi connectivity index (χ1n) is 2.22. The molecule has 0 aliphatic heterocycles.